The highest BCUT2D eigenvalue weighted by Crippen LogP contribution is 2.32. The quantitative estimate of drug-likeness (QED) is 0.531. The van der Waals surface area contributed by atoms with Crippen molar-refractivity contribution in [2.75, 3.05) is 0 Å². The molecule has 2 aromatic carbocycles. The van der Waals surface area contributed by atoms with Crippen molar-refractivity contribution >= 4 is 62.1 Å². The maximum atomic E-state index is 11.4. The van der Waals surface area contributed by atoms with Crippen molar-refractivity contribution in [3.8, 4) is 0 Å². The number of carbonyl (C=O) groups is 1. The smallest absolute Gasteiger partial charge is 0.289 e. The third-order valence-corrected chi connectivity index (χ3v) is 5.33. The van der Waals surface area contributed by atoms with Gasteiger partial charge in [0.05, 0.1) is 4.91 Å². The number of amides is 1. The average Bonchev–Trinajstić information content (AvgIpc) is 3.04. The fraction of sp³-hybridized carbons (Fsp3) is 0.111. The predicted molar refractivity (Wildman–Crippen MR) is 102 cm³/mol. The molecule has 1 aliphatic heterocycles. The van der Waals surface area contributed by atoms with Gasteiger partial charge in [0, 0.05) is 28.4 Å². The number of benzene rings is 2. The third-order valence-electron chi connectivity index (χ3n) is 4.05. The lowest BCUT2D eigenvalue weighted by atomic mass is 10.1. The molecule has 3 aromatic rings. The highest BCUT2D eigenvalue weighted by Gasteiger charge is 2.21. The first-order chi connectivity index (χ1) is 11.2. The number of nitrogens with one attached hydrogen (secondary N) is 1. The SMILES string of the molecule is CCn1c2ccccc2c2cc(/C=C3/SC(=O)NC3=S)ccc21. The van der Waals surface area contributed by atoms with E-state index in [2.05, 4.69) is 59.3 Å². The van der Waals surface area contributed by atoms with Crippen LogP contribution < -0.4 is 5.32 Å². The van der Waals surface area contributed by atoms with E-state index in [0.29, 0.717) is 4.99 Å². The van der Waals surface area contributed by atoms with Gasteiger partial charge in [-0.25, -0.2) is 0 Å². The molecule has 1 saturated heterocycles. The molecule has 0 unspecified atom stereocenters. The molecule has 1 amide bonds. The minimum absolute atomic E-state index is 0.107. The van der Waals surface area contributed by atoms with Crippen molar-refractivity contribution in [1.29, 1.82) is 0 Å². The Hall–Kier alpha value is -2.11. The van der Waals surface area contributed by atoms with Crippen molar-refractivity contribution in [3.63, 3.8) is 0 Å². The van der Waals surface area contributed by atoms with Gasteiger partial charge in [0.1, 0.15) is 4.99 Å². The molecule has 0 aliphatic carbocycles. The zero-order valence-electron chi connectivity index (χ0n) is 12.5. The van der Waals surface area contributed by atoms with E-state index in [1.54, 1.807) is 0 Å². The number of para-hydroxylation sites is 1. The molecule has 1 fully saturated rings. The highest BCUT2D eigenvalue weighted by molar-refractivity contribution is 8.19. The Kier molecular flexibility index (Phi) is 3.47. The standard InChI is InChI=1S/C18H14N2OS2/c1-2-20-14-6-4-3-5-12(14)13-9-11(7-8-15(13)20)10-16-17(22)19-18(21)23-16/h3-10H,2H2,1H3,(H,19,21,22)/b16-10+. The van der Waals surface area contributed by atoms with Gasteiger partial charge in [-0.2, -0.15) is 0 Å². The van der Waals surface area contributed by atoms with Gasteiger partial charge in [-0.1, -0.05) is 36.5 Å². The fourth-order valence-electron chi connectivity index (χ4n) is 3.07. The monoisotopic (exact) mass is 338 g/mol. The largest absolute Gasteiger partial charge is 0.341 e. The molecule has 0 spiro atoms. The van der Waals surface area contributed by atoms with Gasteiger partial charge in [-0.15, -0.1) is 0 Å². The summed E-state index contributed by atoms with van der Waals surface area (Å²) >= 11 is 6.34. The number of hydrogen-bond acceptors (Lipinski definition) is 3. The lowest BCUT2D eigenvalue weighted by Crippen LogP contribution is -2.15. The van der Waals surface area contributed by atoms with E-state index in [1.807, 2.05) is 6.08 Å². The molecule has 4 rings (SSSR count). The van der Waals surface area contributed by atoms with Gasteiger partial charge in [-0.05, 0) is 48.5 Å². The van der Waals surface area contributed by atoms with Gasteiger partial charge in [0.15, 0.2) is 0 Å². The fourth-order valence-corrected chi connectivity index (χ4v) is 4.11. The van der Waals surface area contributed by atoms with Gasteiger partial charge in [-0.3, -0.25) is 4.79 Å². The van der Waals surface area contributed by atoms with Gasteiger partial charge >= 0.3 is 0 Å². The van der Waals surface area contributed by atoms with Crippen LogP contribution in [-0.4, -0.2) is 14.8 Å². The summed E-state index contributed by atoms with van der Waals surface area (Å²) in [5.74, 6) is 0. The van der Waals surface area contributed by atoms with E-state index in [1.165, 1.54) is 21.8 Å². The lowest BCUT2D eigenvalue weighted by Gasteiger charge is -2.03. The van der Waals surface area contributed by atoms with E-state index in [-0.39, 0.29) is 5.24 Å². The Morgan fingerprint density at radius 3 is 2.70 bits per heavy atom. The molecule has 2 heterocycles. The summed E-state index contributed by atoms with van der Waals surface area (Å²) in [6.45, 7) is 3.09. The van der Waals surface area contributed by atoms with Crippen molar-refractivity contribution in [3.05, 3.63) is 52.9 Å². The van der Waals surface area contributed by atoms with Crippen molar-refractivity contribution in [1.82, 2.24) is 9.88 Å². The van der Waals surface area contributed by atoms with Crippen LogP contribution in [-0.2, 0) is 6.54 Å². The molecule has 0 saturated carbocycles. The molecule has 3 nitrogen and oxygen atoms in total. The van der Waals surface area contributed by atoms with Crippen LogP contribution in [0.25, 0.3) is 27.9 Å². The van der Waals surface area contributed by atoms with Crippen LogP contribution in [0.5, 0.6) is 0 Å². The summed E-state index contributed by atoms with van der Waals surface area (Å²) in [7, 11) is 0. The molecule has 114 valence electrons. The van der Waals surface area contributed by atoms with E-state index in [9.17, 15) is 4.79 Å². The molecule has 0 radical (unpaired) electrons. The second-order valence-electron chi connectivity index (χ2n) is 5.39. The Bertz CT molecular complexity index is 1000. The van der Waals surface area contributed by atoms with E-state index in [0.717, 1.165) is 28.8 Å². The summed E-state index contributed by atoms with van der Waals surface area (Å²) in [6, 6.07) is 14.8. The first-order valence-electron chi connectivity index (χ1n) is 7.43. The van der Waals surface area contributed by atoms with E-state index >= 15 is 0 Å². The van der Waals surface area contributed by atoms with Crippen LogP contribution in [0.3, 0.4) is 0 Å². The summed E-state index contributed by atoms with van der Waals surface area (Å²) in [5, 5.41) is 5.02. The van der Waals surface area contributed by atoms with Crippen molar-refractivity contribution < 1.29 is 4.79 Å². The predicted octanol–water partition coefficient (Wildman–Crippen LogP) is 4.94. The molecule has 5 heteroatoms. The summed E-state index contributed by atoms with van der Waals surface area (Å²) in [4.78, 5) is 12.7. The molecule has 0 atom stereocenters. The summed E-state index contributed by atoms with van der Waals surface area (Å²) in [6.07, 6.45) is 1.97. The maximum Gasteiger partial charge on any atom is 0.289 e. The molecule has 0 bridgehead atoms. The number of carbonyl (C=O) groups excluding carboxylic acids is 1. The zero-order chi connectivity index (χ0) is 16.0. The highest BCUT2D eigenvalue weighted by atomic mass is 32.2. The van der Waals surface area contributed by atoms with Crippen LogP contribution in [0, 0.1) is 0 Å². The van der Waals surface area contributed by atoms with Crippen LogP contribution in [0.2, 0.25) is 0 Å². The zero-order valence-corrected chi connectivity index (χ0v) is 14.1. The number of aromatic nitrogens is 1. The molecule has 23 heavy (non-hydrogen) atoms. The number of rotatable bonds is 2. The number of hydrogen-bond donors (Lipinski definition) is 1. The number of thiocarbonyl (C=S) groups is 1. The van der Waals surface area contributed by atoms with Crippen LogP contribution in [0.4, 0.5) is 4.79 Å². The van der Waals surface area contributed by atoms with Crippen molar-refractivity contribution in [2.45, 2.75) is 13.5 Å². The Labute approximate surface area is 143 Å². The number of thioether (sulfide) groups is 1. The summed E-state index contributed by atoms with van der Waals surface area (Å²) < 4.78 is 2.32. The van der Waals surface area contributed by atoms with Gasteiger partial charge in [0.2, 0.25) is 0 Å². The Morgan fingerprint density at radius 2 is 1.96 bits per heavy atom. The van der Waals surface area contributed by atoms with Gasteiger partial charge in [0.25, 0.3) is 5.24 Å². The van der Waals surface area contributed by atoms with E-state index in [4.69, 9.17) is 12.2 Å². The topological polar surface area (TPSA) is 34.0 Å². The van der Waals surface area contributed by atoms with E-state index < -0.39 is 0 Å². The van der Waals surface area contributed by atoms with Crippen molar-refractivity contribution in [2.24, 2.45) is 0 Å². The van der Waals surface area contributed by atoms with Crippen LogP contribution in [0.1, 0.15) is 12.5 Å². The van der Waals surface area contributed by atoms with Gasteiger partial charge < -0.3 is 9.88 Å². The number of fused-ring (bicyclic) bond motifs is 3. The lowest BCUT2D eigenvalue weighted by molar-refractivity contribution is 0.265. The normalized spacial score (nSPS) is 16.7. The maximum absolute atomic E-state index is 11.4. The number of nitrogens with zero attached hydrogens (tertiary/aromatic N) is 1. The first-order valence-corrected chi connectivity index (χ1v) is 8.65. The third kappa shape index (κ3) is 2.36. The molecule has 1 aliphatic rings. The molecule has 1 N–H and O–H groups in total. The minimum Gasteiger partial charge on any atom is -0.341 e. The Balaban J connectivity index is 1.92. The first kappa shape index (κ1) is 14.5. The molecular formula is C18H14N2OS2. The second-order valence-corrected chi connectivity index (χ2v) is 6.81. The summed E-state index contributed by atoms with van der Waals surface area (Å²) in [5.41, 5.74) is 3.53. The Morgan fingerprint density at radius 1 is 1.17 bits per heavy atom. The second kappa shape index (κ2) is 5.51. The van der Waals surface area contributed by atoms with Crippen LogP contribution >= 0.6 is 24.0 Å². The molecular weight excluding hydrogens is 324 g/mol. The average molecular weight is 338 g/mol. The minimum atomic E-state index is -0.107. The molecule has 1 aromatic heterocycles. The number of aryl methyl sites for hydroxylation is 1. The van der Waals surface area contributed by atoms with Crippen LogP contribution in [0.15, 0.2) is 47.4 Å².